The molecule has 1 amide bonds. The van der Waals surface area contributed by atoms with Gasteiger partial charge in [-0.25, -0.2) is 4.39 Å². The molecule has 2 aromatic carbocycles. The molecule has 25 heavy (non-hydrogen) atoms. The summed E-state index contributed by atoms with van der Waals surface area (Å²) in [7, 11) is 1.49. The summed E-state index contributed by atoms with van der Waals surface area (Å²) < 4.78 is 24.0. The van der Waals surface area contributed by atoms with Crippen LogP contribution in [0.3, 0.4) is 0 Å². The van der Waals surface area contributed by atoms with Gasteiger partial charge in [-0.15, -0.1) is 0 Å². The van der Waals surface area contributed by atoms with E-state index in [1.807, 2.05) is 0 Å². The van der Waals surface area contributed by atoms with E-state index < -0.39 is 5.91 Å². The van der Waals surface area contributed by atoms with Crippen LogP contribution in [0.5, 0.6) is 5.75 Å². The Morgan fingerprint density at radius 1 is 1.24 bits per heavy atom. The van der Waals surface area contributed by atoms with Crippen molar-refractivity contribution in [2.45, 2.75) is 6.92 Å². The molecule has 0 fully saturated rings. The second-order valence-corrected chi connectivity index (χ2v) is 5.78. The molecule has 0 aliphatic carbocycles. The van der Waals surface area contributed by atoms with Crippen LogP contribution in [-0.2, 0) is 0 Å². The summed E-state index contributed by atoms with van der Waals surface area (Å²) in [5.74, 6) is -0.101. The van der Waals surface area contributed by atoms with E-state index in [1.54, 1.807) is 37.3 Å². The first-order valence-corrected chi connectivity index (χ1v) is 7.74. The van der Waals surface area contributed by atoms with Crippen LogP contribution in [0.1, 0.15) is 16.1 Å². The highest BCUT2D eigenvalue weighted by Gasteiger charge is 2.16. The van der Waals surface area contributed by atoms with E-state index in [0.29, 0.717) is 33.3 Å². The van der Waals surface area contributed by atoms with E-state index in [4.69, 9.17) is 20.9 Å². The zero-order valence-corrected chi connectivity index (χ0v) is 14.2. The molecule has 1 N–H and O–H groups in total. The monoisotopic (exact) mass is 360 g/mol. The molecule has 1 aromatic heterocycles. The lowest BCUT2D eigenvalue weighted by Gasteiger charge is -2.09. The molecule has 0 unspecified atom stereocenters. The van der Waals surface area contributed by atoms with Gasteiger partial charge in [0.25, 0.3) is 5.91 Å². The van der Waals surface area contributed by atoms with Crippen LogP contribution in [-0.4, -0.2) is 18.2 Å². The number of nitrogens with one attached hydrogen (secondary N) is 1. The normalized spacial score (nSPS) is 10.6. The molecule has 0 spiro atoms. The minimum absolute atomic E-state index is 0.0537. The predicted molar refractivity (Wildman–Crippen MR) is 92.6 cm³/mol. The quantitative estimate of drug-likeness (QED) is 0.732. The van der Waals surface area contributed by atoms with Gasteiger partial charge in [-0.2, -0.15) is 0 Å². The van der Waals surface area contributed by atoms with E-state index in [2.05, 4.69) is 10.5 Å². The highest BCUT2D eigenvalue weighted by Crippen LogP contribution is 2.28. The molecule has 0 saturated heterocycles. The van der Waals surface area contributed by atoms with Gasteiger partial charge in [0.1, 0.15) is 11.6 Å². The van der Waals surface area contributed by atoms with E-state index in [0.717, 1.165) is 0 Å². The molecule has 0 saturated carbocycles. The summed E-state index contributed by atoms with van der Waals surface area (Å²) in [6.07, 6.45) is 0. The molecular formula is C18H14ClFN2O3. The Labute approximate surface area is 148 Å². The van der Waals surface area contributed by atoms with Crippen molar-refractivity contribution in [3.63, 3.8) is 0 Å². The molecule has 0 aliphatic rings. The van der Waals surface area contributed by atoms with Crippen molar-refractivity contribution >= 4 is 23.2 Å². The minimum Gasteiger partial charge on any atom is -0.495 e. The van der Waals surface area contributed by atoms with Crippen LogP contribution in [0.25, 0.3) is 11.3 Å². The third-order valence-corrected chi connectivity index (χ3v) is 3.84. The Morgan fingerprint density at radius 3 is 2.76 bits per heavy atom. The summed E-state index contributed by atoms with van der Waals surface area (Å²) >= 11 is 5.94. The summed E-state index contributed by atoms with van der Waals surface area (Å²) in [6.45, 7) is 1.66. The molecule has 5 nitrogen and oxygen atoms in total. The molecular weight excluding hydrogens is 347 g/mol. The Morgan fingerprint density at radius 2 is 2.04 bits per heavy atom. The van der Waals surface area contributed by atoms with Crippen LogP contribution in [0.4, 0.5) is 10.1 Å². The molecule has 0 bridgehead atoms. The number of rotatable bonds is 4. The third kappa shape index (κ3) is 3.64. The van der Waals surface area contributed by atoms with Gasteiger partial charge >= 0.3 is 0 Å². The van der Waals surface area contributed by atoms with Gasteiger partial charge in [-0.3, -0.25) is 4.79 Å². The molecule has 7 heteroatoms. The zero-order chi connectivity index (χ0) is 18.0. The highest BCUT2D eigenvalue weighted by atomic mass is 35.5. The minimum atomic E-state index is -0.497. The van der Waals surface area contributed by atoms with Gasteiger partial charge in [-0.05, 0) is 36.8 Å². The van der Waals surface area contributed by atoms with Crippen LogP contribution < -0.4 is 10.1 Å². The SMILES string of the molecule is COc1ccc(Cl)cc1NC(=O)c1cc(-c2ccc(C)c(F)c2)on1. The number of aromatic nitrogens is 1. The number of nitrogens with zero attached hydrogens (tertiary/aromatic N) is 1. The zero-order valence-electron chi connectivity index (χ0n) is 13.5. The fourth-order valence-electron chi connectivity index (χ4n) is 2.23. The fourth-order valence-corrected chi connectivity index (χ4v) is 2.40. The number of ether oxygens (including phenoxy) is 1. The number of halogens is 2. The smallest absolute Gasteiger partial charge is 0.277 e. The number of carbonyl (C=O) groups excluding carboxylic acids is 1. The number of carbonyl (C=O) groups is 1. The number of aryl methyl sites for hydroxylation is 1. The molecule has 1 heterocycles. The average molecular weight is 361 g/mol. The topological polar surface area (TPSA) is 64.4 Å². The largest absolute Gasteiger partial charge is 0.495 e. The van der Waals surface area contributed by atoms with Crippen molar-refractivity contribution in [1.29, 1.82) is 0 Å². The third-order valence-electron chi connectivity index (χ3n) is 3.61. The Hall–Kier alpha value is -2.86. The van der Waals surface area contributed by atoms with Gasteiger partial charge in [0.2, 0.25) is 0 Å². The highest BCUT2D eigenvalue weighted by molar-refractivity contribution is 6.31. The van der Waals surface area contributed by atoms with Crippen molar-refractivity contribution in [1.82, 2.24) is 5.16 Å². The average Bonchev–Trinajstić information content (AvgIpc) is 3.08. The summed E-state index contributed by atoms with van der Waals surface area (Å²) in [4.78, 5) is 12.4. The number of hydrogen-bond acceptors (Lipinski definition) is 4. The van der Waals surface area contributed by atoms with Crippen LogP contribution in [0.2, 0.25) is 5.02 Å². The number of amides is 1. The lowest BCUT2D eigenvalue weighted by atomic mass is 10.1. The second kappa shape index (κ2) is 6.94. The molecule has 3 aromatic rings. The van der Waals surface area contributed by atoms with Crippen LogP contribution >= 0.6 is 11.6 Å². The van der Waals surface area contributed by atoms with E-state index >= 15 is 0 Å². The van der Waals surface area contributed by atoms with Crippen molar-refractivity contribution in [3.05, 3.63) is 64.6 Å². The standard InChI is InChI=1S/C18H14ClFN2O3/c1-10-3-4-11(7-13(10)20)17-9-15(22-25-17)18(23)21-14-8-12(19)5-6-16(14)24-2/h3-9H,1-2H3,(H,21,23). The molecule has 0 radical (unpaired) electrons. The Bertz CT molecular complexity index is 940. The van der Waals surface area contributed by atoms with E-state index in [9.17, 15) is 9.18 Å². The number of benzene rings is 2. The number of hydrogen-bond donors (Lipinski definition) is 1. The van der Waals surface area contributed by atoms with E-state index in [-0.39, 0.29) is 11.5 Å². The molecule has 0 aliphatic heterocycles. The Balaban J connectivity index is 1.83. The second-order valence-electron chi connectivity index (χ2n) is 5.34. The fraction of sp³-hybridized carbons (Fsp3) is 0.111. The van der Waals surface area contributed by atoms with Crippen molar-refractivity contribution in [2.75, 3.05) is 12.4 Å². The summed E-state index contributed by atoms with van der Waals surface area (Å²) in [5.41, 5.74) is 1.48. The van der Waals surface area contributed by atoms with Gasteiger partial charge < -0.3 is 14.6 Å². The van der Waals surface area contributed by atoms with Crippen molar-refractivity contribution < 1.29 is 18.4 Å². The predicted octanol–water partition coefficient (Wildman–Crippen LogP) is 4.70. The maximum atomic E-state index is 13.7. The van der Waals surface area contributed by atoms with Gasteiger partial charge in [0.05, 0.1) is 12.8 Å². The first-order valence-electron chi connectivity index (χ1n) is 7.36. The molecule has 0 atom stereocenters. The molecule has 128 valence electrons. The maximum absolute atomic E-state index is 13.7. The van der Waals surface area contributed by atoms with Gasteiger partial charge in [-0.1, -0.05) is 28.9 Å². The lowest BCUT2D eigenvalue weighted by molar-refractivity contribution is 0.101. The Kier molecular flexibility index (Phi) is 4.72. The van der Waals surface area contributed by atoms with Crippen molar-refractivity contribution in [2.24, 2.45) is 0 Å². The maximum Gasteiger partial charge on any atom is 0.277 e. The lowest BCUT2D eigenvalue weighted by Crippen LogP contribution is -2.12. The molecule has 3 rings (SSSR count). The first kappa shape index (κ1) is 17.0. The number of methoxy groups -OCH3 is 1. The van der Waals surface area contributed by atoms with E-state index in [1.165, 1.54) is 19.2 Å². The summed E-state index contributed by atoms with van der Waals surface area (Å²) in [6, 6.07) is 10.9. The summed E-state index contributed by atoms with van der Waals surface area (Å²) in [5, 5.41) is 6.85. The number of anilines is 1. The van der Waals surface area contributed by atoms with Crippen molar-refractivity contribution in [3.8, 4) is 17.1 Å². The van der Waals surface area contributed by atoms with Crippen LogP contribution in [0, 0.1) is 12.7 Å². The van der Waals surface area contributed by atoms with Crippen LogP contribution in [0.15, 0.2) is 47.0 Å². The first-order chi connectivity index (χ1) is 12.0. The van der Waals surface area contributed by atoms with Gasteiger partial charge in [0.15, 0.2) is 11.5 Å². The van der Waals surface area contributed by atoms with Gasteiger partial charge in [0, 0.05) is 16.7 Å².